The smallest absolute Gasteiger partial charge is 0.249 e. The van der Waals surface area contributed by atoms with Crippen molar-refractivity contribution in [3.8, 4) is 0 Å². The molecule has 2 amide bonds. The largest absolute Gasteiger partial charge is 0.344 e. The van der Waals surface area contributed by atoms with Crippen molar-refractivity contribution < 1.29 is 9.59 Å². The number of carbonyl (C=O) groups is 2. The summed E-state index contributed by atoms with van der Waals surface area (Å²) in [6, 6.07) is 2.93. The van der Waals surface area contributed by atoms with E-state index in [2.05, 4.69) is 5.32 Å². The molecule has 114 valence electrons. The Balaban J connectivity index is 2.39. The Kier molecular flexibility index (Phi) is 5.12. The molecule has 6 heteroatoms. The van der Waals surface area contributed by atoms with E-state index >= 15 is 0 Å². The fourth-order valence-electron chi connectivity index (χ4n) is 2.41. The Labute approximate surface area is 134 Å². The molecule has 0 aromatic heterocycles. The van der Waals surface area contributed by atoms with Crippen LogP contribution in [0.25, 0.3) is 0 Å². The van der Waals surface area contributed by atoms with Gasteiger partial charge >= 0.3 is 0 Å². The Bertz CT molecular complexity index is 575. The minimum atomic E-state index is -0.499. The van der Waals surface area contributed by atoms with Crippen molar-refractivity contribution in [2.45, 2.75) is 39.2 Å². The number of benzene rings is 1. The van der Waals surface area contributed by atoms with E-state index in [1.165, 1.54) is 0 Å². The first-order valence-electron chi connectivity index (χ1n) is 7.00. The first-order valence-corrected chi connectivity index (χ1v) is 7.76. The minimum Gasteiger partial charge on any atom is -0.344 e. The van der Waals surface area contributed by atoms with Gasteiger partial charge in [0, 0.05) is 18.0 Å². The summed E-state index contributed by atoms with van der Waals surface area (Å²) < 4.78 is 0. The highest BCUT2D eigenvalue weighted by atomic mass is 35.5. The number of rotatable bonds is 3. The van der Waals surface area contributed by atoms with Gasteiger partial charge in [0.2, 0.25) is 11.8 Å². The highest BCUT2D eigenvalue weighted by Gasteiger charge is 2.31. The van der Waals surface area contributed by atoms with Crippen molar-refractivity contribution in [3.05, 3.63) is 27.7 Å². The van der Waals surface area contributed by atoms with Gasteiger partial charge in [0.15, 0.2) is 0 Å². The summed E-state index contributed by atoms with van der Waals surface area (Å²) in [6.07, 6.45) is 1.68. The van der Waals surface area contributed by atoms with E-state index in [1.807, 2.05) is 13.8 Å². The zero-order valence-corrected chi connectivity index (χ0v) is 13.6. The van der Waals surface area contributed by atoms with Crippen molar-refractivity contribution in [1.82, 2.24) is 5.32 Å². The predicted octanol–water partition coefficient (Wildman–Crippen LogP) is 3.32. The van der Waals surface area contributed by atoms with Gasteiger partial charge in [0.25, 0.3) is 0 Å². The van der Waals surface area contributed by atoms with Crippen LogP contribution in [0.1, 0.15) is 31.7 Å². The van der Waals surface area contributed by atoms with Gasteiger partial charge in [-0.25, -0.2) is 0 Å². The number of hydrogen-bond acceptors (Lipinski definition) is 2. The molecule has 1 saturated heterocycles. The Morgan fingerprint density at radius 3 is 2.67 bits per heavy atom. The third kappa shape index (κ3) is 3.50. The fraction of sp³-hybridized carbons (Fsp3) is 0.467. The maximum atomic E-state index is 12.6. The van der Waals surface area contributed by atoms with Gasteiger partial charge < -0.3 is 10.2 Å². The first kappa shape index (κ1) is 16.1. The lowest BCUT2D eigenvalue weighted by atomic mass is 10.1. The number of hydrogen-bond donors (Lipinski definition) is 1. The van der Waals surface area contributed by atoms with E-state index in [0.29, 0.717) is 28.7 Å². The van der Waals surface area contributed by atoms with Gasteiger partial charge in [-0.15, -0.1) is 0 Å². The molecule has 1 aromatic carbocycles. The maximum Gasteiger partial charge on any atom is 0.249 e. The van der Waals surface area contributed by atoms with Gasteiger partial charge in [-0.05, 0) is 31.0 Å². The molecular weight excluding hydrogens is 311 g/mol. The average Bonchev–Trinajstić information content (AvgIpc) is 2.55. The molecule has 0 spiro atoms. The van der Waals surface area contributed by atoms with Crippen LogP contribution in [0, 0.1) is 6.92 Å². The van der Waals surface area contributed by atoms with E-state index < -0.39 is 6.04 Å². The van der Waals surface area contributed by atoms with Gasteiger partial charge in [-0.3, -0.25) is 9.59 Å². The Morgan fingerprint density at radius 2 is 2.00 bits per heavy atom. The van der Waals surface area contributed by atoms with Crippen LogP contribution in [-0.4, -0.2) is 24.4 Å². The summed E-state index contributed by atoms with van der Waals surface area (Å²) in [5.41, 5.74) is 1.42. The third-order valence-electron chi connectivity index (χ3n) is 3.56. The van der Waals surface area contributed by atoms with Crippen molar-refractivity contribution in [2.75, 3.05) is 11.4 Å². The molecule has 4 nitrogen and oxygen atoms in total. The average molecular weight is 329 g/mol. The molecule has 0 bridgehead atoms. The second-order valence-corrected chi connectivity index (χ2v) is 6.02. The number of nitrogens with one attached hydrogen (secondary N) is 1. The van der Waals surface area contributed by atoms with Crippen LogP contribution in [0.3, 0.4) is 0 Å². The summed E-state index contributed by atoms with van der Waals surface area (Å²) in [7, 11) is 0. The molecular formula is C15H18Cl2N2O2. The number of anilines is 1. The topological polar surface area (TPSA) is 49.4 Å². The number of amides is 2. The molecule has 1 N–H and O–H groups in total. The van der Waals surface area contributed by atoms with Crippen molar-refractivity contribution in [1.29, 1.82) is 0 Å². The van der Waals surface area contributed by atoms with Crippen LogP contribution in [0.4, 0.5) is 5.69 Å². The number of nitrogens with zero attached hydrogens (tertiary/aromatic N) is 1. The van der Waals surface area contributed by atoms with Crippen LogP contribution >= 0.6 is 23.2 Å². The van der Waals surface area contributed by atoms with E-state index in [0.717, 1.165) is 12.0 Å². The number of carbonyl (C=O) groups excluding carboxylic acids is 2. The molecule has 2 rings (SSSR count). The van der Waals surface area contributed by atoms with Crippen molar-refractivity contribution in [3.63, 3.8) is 0 Å². The van der Waals surface area contributed by atoms with Crippen molar-refractivity contribution in [2.24, 2.45) is 0 Å². The summed E-state index contributed by atoms with van der Waals surface area (Å²) in [5.74, 6) is -0.247. The second-order valence-electron chi connectivity index (χ2n) is 5.20. The monoisotopic (exact) mass is 328 g/mol. The molecule has 1 aromatic rings. The molecule has 21 heavy (non-hydrogen) atoms. The quantitative estimate of drug-likeness (QED) is 0.925. The maximum absolute atomic E-state index is 12.6. The molecule has 0 aliphatic carbocycles. The Morgan fingerprint density at radius 1 is 1.29 bits per heavy atom. The summed E-state index contributed by atoms with van der Waals surface area (Å²) >= 11 is 12.4. The van der Waals surface area contributed by atoms with Gasteiger partial charge in [-0.2, -0.15) is 0 Å². The highest BCUT2D eigenvalue weighted by Crippen LogP contribution is 2.33. The van der Waals surface area contributed by atoms with Gasteiger partial charge in [-0.1, -0.05) is 36.5 Å². The predicted molar refractivity (Wildman–Crippen MR) is 85.0 cm³/mol. The molecule has 1 aliphatic heterocycles. The lowest BCUT2D eigenvalue weighted by Crippen LogP contribution is -2.44. The van der Waals surface area contributed by atoms with E-state index in [-0.39, 0.29) is 18.2 Å². The molecule has 1 aliphatic rings. The van der Waals surface area contributed by atoms with Crippen LogP contribution in [-0.2, 0) is 9.59 Å². The third-order valence-corrected chi connectivity index (χ3v) is 4.27. The minimum absolute atomic E-state index is 0.112. The lowest BCUT2D eigenvalue weighted by Gasteiger charge is -2.25. The molecule has 0 radical (unpaired) electrons. The molecule has 1 fully saturated rings. The number of aryl methyl sites for hydroxylation is 1. The molecule has 1 heterocycles. The van der Waals surface area contributed by atoms with Crippen LogP contribution < -0.4 is 10.2 Å². The SMILES string of the molecule is CCCC1NC(=O)CCN(c2cc(Cl)c(C)cc2Cl)C1=O. The van der Waals surface area contributed by atoms with Crippen LogP contribution in [0.15, 0.2) is 12.1 Å². The van der Waals surface area contributed by atoms with Gasteiger partial charge in [0.1, 0.15) is 6.04 Å². The zero-order chi connectivity index (χ0) is 15.6. The first-order chi connectivity index (χ1) is 9.93. The summed E-state index contributed by atoms with van der Waals surface area (Å²) in [6.45, 7) is 4.14. The highest BCUT2D eigenvalue weighted by molar-refractivity contribution is 6.36. The lowest BCUT2D eigenvalue weighted by molar-refractivity contribution is -0.125. The van der Waals surface area contributed by atoms with Crippen LogP contribution in [0.5, 0.6) is 0 Å². The van der Waals surface area contributed by atoms with Crippen molar-refractivity contribution >= 4 is 40.7 Å². The van der Waals surface area contributed by atoms with E-state index in [4.69, 9.17) is 23.2 Å². The standard InChI is InChI=1S/C15H18Cl2N2O2/c1-3-4-12-15(21)19(6-5-14(20)18-12)13-8-10(16)9(2)7-11(13)17/h7-8,12H,3-6H2,1-2H3,(H,18,20). The molecule has 1 unspecified atom stereocenters. The number of halogens is 2. The zero-order valence-electron chi connectivity index (χ0n) is 12.1. The summed E-state index contributed by atoms with van der Waals surface area (Å²) in [5, 5.41) is 3.79. The normalized spacial score (nSPS) is 19.4. The van der Waals surface area contributed by atoms with Gasteiger partial charge in [0.05, 0.1) is 10.7 Å². The molecule has 0 saturated carbocycles. The summed E-state index contributed by atoms with van der Waals surface area (Å²) in [4.78, 5) is 25.9. The van der Waals surface area contributed by atoms with E-state index in [9.17, 15) is 9.59 Å². The second kappa shape index (κ2) is 6.67. The van der Waals surface area contributed by atoms with E-state index in [1.54, 1.807) is 17.0 Å². The van der Waals surface area contributed by atoms with Crippen LogP contribution in [0.2, 0.25) is 10.0 Å². The molecule has 1 atom stereocenters. The fourth-order valence-corrected chi connectivity index (χ4v) is 2.88. The Hall–Kier alpha value is -1.26.